The monoisotopic (exact) mass is 487 g/mol. The first kappa shape index (κ1) is 21.8. The van der Waals surface area contributed by atoms with Gasteiger partial charge in [0.15, 0.2) is 5.60 Å². The van der Waals surface area contributed by atoms with Crippen molar-refractivity contribution in [2.24, 2.45) is 0 Å². The number of fused-ring (bicyclic) bond motifs is 2. The highest BCUT2D eigenvalue weighted by Gasteiger charge is 2.51. The normalized spacial score (nSPS) is 20.5. The van der Waals surface area contributed by atoms with Crippen LogP contribution in [-0.2, 0) is 10.3 Å². The summed E-state index contributed by atoms with van der Waals surface area (Å²) in [4.78, 5) is 46.2. The van der Waals surface area contributed by atoms with Crippen LogP contribution < -0.4 is 0 Å². The molecule has 7 nitrogen and oxygen atoms in total. The molecule has 0 saturated carbocycles. The Morgan fingerprint density at radius 2 is 1.77 bits per heavy atom. The lowest BCUT2D eigenvalue weighted by molar-refractivity contribution is -0.00307. The van der Waals surface area contributed by atoms with Crippen LogP contribution in [0, 0.1) is 0 Å². The molecular weight excluding hydrogens is 466 g/mol. The van der Waals surface area contributed by atoms with Gasteiger partial charge in [0, 0.05) is 37.2 Å². The Morgan fingerprint density at radius 1 is 0.943 bits per heavy atom. The molecule has 6 rings (SSSR count). The molecule has 1 aromatic heterocycles. The van der Waals surface area contributed by atoms with Gasteiger partial charge in [-0.15, -0.1) is 0 Å². The fourth-order valence-corrected chi connectivity index (χ4v) is 5.28. The molecule has 0 radical (unpaired) electrons. The number of nitrogens with zero attached hydrogens (tertiary/aromatic N) is 3. The molecule has 1 spiro atoms. The summed E-state index contributed by atoms with van der Waals surface area (Å²) in [5, 5.41) is 0.304. The average molecular weight is 488 g/mol. The fourth-order valence-electron chi connectivity index (χ4n) is 5.02. The van der Waals surface area contributed by atoms with E-state index in [0.29, 0.717) is 40.5 Å². The second kappa shape index (κ2) is 8.20. The van der Waals surface area contributed by atoms with Gasteiger partial charge in [0.25, 0.3) is 11.8 Å². The summed E-state index contributed by atoms with van der Waals surface area (Å²) in [5.74, 6) is -0.638. The van der Waals surface area contributed by atoms with E-state index in [2.05, 4.69) is 4.98 Å². The summed E-state index contributed by atoms with van der Waals surface area (Å²) < 4.78 is 5.76. The molecule has 2 saturated heterocycles. The van der Waals surface area contributed by atoms with Crippen molar-refractivity contribution in [3.05, 3.63) is 88.1 Å². The van der Waals surface area contributed by atoms with Crippen molar-refractivity contribution in [3.63, 3.8) is 0 Å². The molecule has 3 aromatic rings. The third-order valence-electron chi connectivity index (χ3n) is 7.05. The minimum atomic E-state index is -0.802. The summed E-state index contributed by atoms with van der Waals surface area (Å²) in [6.45, 7) is 2.27. The minimum absolute atomic E-state index is 0.0758. The average Bonchev–Trinajstić information content (AvgIpc) is 3.39. The van der Waals surface area contributed by atoms with Crippen LogP contribution in [0.25, 0.3) is 11.3 Å². The van der Waals surface area contributed by atoms with Crippen LogP contribution in [0.2, 0.25) is 5.02 Å². The molecule has 0 aliphatic carbocycles. The Hall–Kier alpha value is -3.71. The van der Waals surface area contributed by atoms with Crippen molar-refractivity contribution < 1.29 is 19.1 Å². The zero-order valence-corrected chi connectivity index (χ0v) is 19.6. The van der Waals surface area contributed by atoms with Crippen LogP contribution in [0.4, 0.5) is 0 Å². The SMILES string of the molecule is O=C1O[C@]2(CCN(C(=O)c3ccc(-c4cccc(C(=O)N5CCC5)n4)cc3Cl)C2)c2ccccc21. The van der Waals surface area contributed by atoms with Crippen LogP contribution >= 0.6 is 11.6 Å². The number of carbonyl (C=O) groups is 3. The summed E-state index contributed by atoms with van der Waals surface area (Å²) >= 11 is 6.56. The number of carbonyl (C=O) groups excluding carboxylic acids is 3. The maximum Gasteiger partial charge on any atom is 0.339 e. The van der Waals surface area contributed by atoms with Gasteiger partial charge >= 0.3 is 5.97 Å². The molecule has 3 aliphatic rings. The number of pyridine rings is 1. The molecule has 3 aliphatic heterocycles. The molecule has 2 amide bonds. The number of ether oxygens (including phenoxy) is 1. The van der Waals surface area contributed by atoms with E-state index >= 15 is 0 Å². The van der Waals surface area contributed by atoms with E-state index < -0.39 is 5.60 Å². The van der Waals surface area contributed by atoms with E-state index in [0.717, 1.165) is 30.6 Å². The summed E-state index contributed by atoms with van der Waals surface area (Å²) in [7, 11) is 0. The second-order valence-electron chi connectivity index (χ2n) is 9.15. The number of halogens is 1. The molecule has 2 aromatic carbocycles. The van der Waals surface area contributed by atoms with Crippen molar-refractivity contribution in [3.8, 4) is 11.3 Å². The Morgan fingerprint density at radius 3 is 2.54 bits per heavy atom. The van der Waals surface area contributed by atoms with Gasteiger partial charge in [0.2, 0.25) is 0 Å². The summed E-state index contributed by atoms with van der Waals surface area (Å²) in [5.41, 5.74) is 2.70. The van der Waals surface area contributed by atoms with E-state index in [1.807, 2.05) is 24.3 Å². The number of likely N-dealkylation sites (tertiary alicyclic amines) is 2. The Labute approximate surface area is 207 Å². The number of hydrogen-bond donors (Lipinski definition) is 0. The van der Waals surface area contributed by atoms with Crippen LogP contribution in [0.5, 0.6) is 0 Å². The number of benzene rings is 2. The van der Waals surface area contributed by atoms with E-state index in [9.17, 15) is 14.4 Å². The van der Waals surface area contributed by atoms with Gasteiger partial charge in [-0.1, -0.05) is 41.9 Å². The lowest BCUT2D eigenvalue weighted by Gasteiger charge is -2.30. The molecule has 4 heterocycles. The number of aromatic nitrogens is 1. The number of hydrogen-bond acceptors (Lipinski definition) is 5. The number of amides is 2. The molecule has 1 atom stereocenters. The zero-order chi connectivity index (χ0) is 24.2. The fraction of sp³-hybridized carbons (Fsp3) is 0.259. The van der Waals surface area contributed by atoms with E-state index in [4.69, 9.17) is 16.3 Å². The predicted molar refractivity (Wildman–Crippen MR) is 129 cm³/mol. The van der Waals surface area contributed by atoms with Crippen molar-refractivity contribution in [2.75, 3.05) is 26.2 Å². The Bertz CT molecular complexity index is 1390. The first-order valence-electron chi connectivity index (χ1n) is 11.6. The van der Waals surface area contributed by atoms with Crippen molar-refractivity contribution in [2.45, 2.75) is 18.4 Å². The van der Waals surface area contributed by atoms with Crippen molar-refractivity contribution in [1.82, 2.24) is 14.8 Å². The highest BCUT2D eigenvalue weighted by molar-refractivity contribution is 6.34. The molecule has 176 valence electrons. The van der Waals surface area contributed by atoms with E-state index in [1.54, 1.807) is 46.2 Å². The highest BCUT2D eigenvalue weighted by atomic mass is 35.5. The molecular formula is C27H22ClN3O4. The molecule has 2 fully saturated rings. The standard InChI is InChI=1S/C27H22ClN3O4/c28-21-15-17(22-7-3-8-23(29-22)25(33)30-12-4-13-30)9-10-19(21)24(32)31-14-11-27(16-31)20-6-2-1-5-18(20)26(34)35-27/h1-3,5-10,15H,4,11-14,16H2/t27-/m0/s1. The van der Waals surface area contributed by atoms with Gasteiger partial charge in [-0.25, -0.2) is 9.78 Å². The van der Waals surface area contributed by atoms with Crippen LogP contribution in [0.15, 0.2) is 60.7 Å². The summed E-state index contributed by atoms with van der Waals surface area (Å²) in [6.07, 6.45) is 1.56. The minimum Gasteiger partial charge on any atom is -0.449 e. The van der Waals surface area contributed by atoms with E-state index in [-0.39, 0.29) is 24.3 Å². The largest absolute Gasteiger partial charge is 0.449 e. The topological polar surface area (TPSA) is 79.8 Å². The van der Waals surface area contributed by atoms with Crippen molar-refractivity contribution in [1.29, 1.82) is 0 Å². The lowest BCUT2D eigenvalue weighted by atomic mass is 9.91. The first-order chi connectivity index (χ1) is 16.9. The van der Waals surface area contributed by atoms with Gasteiger partial charge in [-0.2, -0.15) is 0 Å². The third kappa shape index (κ3) is 3.58. The lowest BCUT2D eigenvalue weighted by Crippen LogP contribution is -2.42. The molecule has 0 N–H and O–H groups in total. The predicted octanol–water partition coefficient (Wildman–Crippen LogP) is 4.16. The van der Waals surface area contributed by atoms with Crippen LogP contribution in [-0.4, -0.2) is 58.7 Å². The van der Waals surface area contributed by atoms with Crippen LogP contribution in [0.3, 0.4) is 0 Å². The number of esters is 1. The smallest absolute Gasteiger partial charge is 0.339 e. The van der Waals surface area contributed by atoms with Gasteiger partial charge in [-0.05, 0) is 36.8 Å². The summed E-state index contributed by atoms with van der Waals surface area (Å²) in [6, 6.07) is 17.8. The first-order valence-corrected chi connectivity index (χ1v) is 12.0. The van der Waals surface area contributed by atoms with Gasteiger partial charge in [0.1, 0.15) is 5.69 Å². The van der Waals surface area contributed by atoms with Crippen molar-refractivity contribution >= 4 is 29.4 Å². The Balaban J connectivity index is 1.23. The van der Waals surface area contributed by atoms with E-state index in [1.165, 1.54) is 0 Å². The van der Waals surface area contributed by atoms with Gasteiger partial charge in [-0.3, -0.25) is 9.59 Å². The molecule has 0 unspecified atom stereocenters. The molecule has 35 heavy (non-hydrogen) atoms. The molecule has 0 bridgehead atoms. The maximum absolute atomic E-state index is 13.3. The second-order valence-corrected chi connectivity index (χ2v) is 9.56. The van der Waals surface area contributed by atoms with Crippen LogP contribution in [0.1, 0.15) is 49.6 Å². The Kier molecular flexibility index (Phi) is 5.11. The third-order valence-corrected chi connectivity index (χ3v) is 7.36. The van der Waals surface area contributed by atoms with Gasteiger partial charge < -0.3 is 14.5 Å². The van der Waals surface area contributed by atoms with Gasteiger partial charge in [0.05, 0.1) is 28.4 Å². The molecule has 8 heteroatoms. The highest BCUT2D eigenvalue weighted by Crippen LogP contribution is 2.43. The maximum atomic E-state index is 13.3. The quantitative estimate of drug-likeness (QED) is 0.518. The zero-order valence-electron chi connectivity index (χ0n) is 18.9. The number of rotatable bonds is 3.